The third-order valence-corrected chi connectivity index (χ3v) is 5.73. The number of hydrogen-bond acceptors (Lipinski definition) is 6. The number of carbonyl (C=O) groups excluding carboxylic acids is 2. The van der Waals surface area contributed by atoms with E-state index in [9.17, 15) is 14.4 Å². The van der Waals surface area contributed by atoms with Crippen LogP contribution in [0.25, 0.3) is 0 Å². The first-order chi connectivity index (χ1) is 15.9. The van der Waals surface area contributed by atoms with Gasteiger partial charge >= 0.3 is 5.97 Å². The van der Waals surface area contributed by atoms with Crippen molar-refractivity contribution < 1.29 is 14.3 Å². The van der Waals surface area contributed by atoms with Crippen molar-refractivity contribution in [2.75, 3.05) is 23.9 Å². The summed E-state index contributed by atoms with van der Waals surface area (Å²) >= 11 is 6.04. The number of rotatable bonds is 5. The van der Waals surface area contributed by atoms with Crippen LogP contribution in [0.4, 0.5) is 11.6 Å². The molecule has 0 saturated heterocycles. The molecule has 0 radical (unpaired) electrons. The first-order valence-corrected chi connectivity index (χ1v) is 10.8. The third kappa shape index (κ3) is 4.90. The molecular formula is C24H23ClN4O4. The molecule has 1 aromatic heterocycles. The van der Waals surface area contributed by atoms with Crippen molar-refractivity contribution in [3.63, 3.8) is 0 Å². The minimum absolute atomic E-state index is 0.164. The predicted octanol–water partition coefficient (Wildman–Crippen LogP) is 3.19. The topological polar surface area (TPSA) is 93.5 Å². The number of halogens is 1. The predicted molar refractivity (Wildman–Crippen MR) is 126 cm³/mol. The number of fused-ring (bicyclic) bond motifs is 1. The van der Waals surface area contributed by atoms with Crippen LogP contribution in [-0.2, 0) is 29.0 Å². The van der Waals surface area contributed by atoms with Gasteiger partial charge in [0, 0.05) is 29.9 Å². The fourth-order valence-corrected chi connectivity index (χ4v) is 4.08. The van der Waals surface area contributed by atoms with Crippen LogP contribution in [0.1, 0.15) is 27.2 Å². The maximum atomic E-state index is 12.9. The Balaban J connectivity index is 1.62. The molecule has 1 aliphatic heterocycles. The number of amides is 1. The van der Waals surface area contributed by atoms with E-state index in [1.165, 1.54) is 41.5 Å². The summed E-state index contributed by atoms with van der Waals surface area (Å²) in [6, 6.07) is 14.0. The summed E-state index contributed by atoms with van der Waals surface area (Å²) in [7, 11) is 1.25. The summed E-state index contributed by atoms with van der Waals surface area (Å²) in [6.07, 6.45) is 0.817. The number of benzene rings is 2. The maximum Gasteiger partial charge on any atom is 0.339 e. The number of carbonyl (C=O) groups is 2. The Bertz CT molecular complexity index is 1290. The van der Waals surface area contributed by atoms with Gasteiger partial charge in [-0.05, 0) is 42.7 Å². The van der Waals surface area contributed by atoms with E-state index >= 15 is 0 Å². The highest BCUT2D eigenvalue weighted by Crippen LogP contribution is 2.24. The lowest BCUT2D eigenvalue weighted by Gasteiger charge is -2.31. The number of esters is 1. The molecule has 1 amide bonds. The molecule has 0 bridgehead atoms. The monoisotopic (exact) mass is 466 g/mol. The highest BCUT2D eigenvalue weighted by molar-refractivity contribution is 6.31. The number of nitrogens with zero attached hydrogens (tertiary/aromatic N) is 3. The molecule has 2 aromatic carbocycles. The van der Waals surface area contributed by atoms with Gasteiger partial charge in [0.1, 0.15) is 6.54 Å². The van der Waals surface area contributed by atoms with Gasteiger partial charge < -0.3 is 15.0 Å². The Hall–Kier alpha value is -3.65. The van der Waals surface area contributed by atoms with Crippen LogP contribution in [-0.4, -0.2) is 35.1 Å². The zero-order valence-corrected chi connectivity index (χ0v) is 19.1. The summed E-state index contributed by atoms with van der Waals surface area (Å²) in [5.41, 5.74) is 3.05. The molecular weight excluding hydrogens is 444 g/mol. The molecule has 2 heterocycles. The van der Waals surface area contributed by atoms with Crippen LogP contribution in [0.5, 0.6) is 0 Å². The first kappa shape index (κ1) is 22.5. The second-order valence-corrected chi connectivity index (χ2v) is 8.23. The van der Waals surface area contributed by atoms with E-state index in [1.807, 2.05) is 17.0 Å². The molecule has 33 heavy (non-hydrogen) atoms. The van der Waals surface area contributed by atoms with Crippen LogP contribution in [0.2, 0.25) is 5.02 Å². The molecule has 0 spiro atoms. The zero-order chi connectivity index (χ0) is 23.5. The second kappa shape index (κ2) is 9.46. The summed E-state index contributed by atoms with van der Waals surface area (Å²) in [5.74, 6) is -0.665. The summed E-state index contributed by atoms with van der Waals surface area (Å²) in [4.78, 5) is 44.4. The van der Waals surface area contributed by atoms with E-state index in [0.717, 1.165) is 12.0 Å². The molecule has 8 nitrogen and oxygen atoms in total. The standard InChI is InChI=1S/C24H23ClN4O4/c1-15-11-22(31)29(24(26-15)28-10-9-16-5-3-4-6-17(16)13-28)14-21(30)27-20-12-18(25)7-8-19(20)23(32)33-2/h3-8,11-12H,9-10,13-14H2,1-2H3,(H,27,30). The number of hydrogen-bond donors (Lipinski definition) is 1. The van der Waals surface area contributed by atoms with Gasteiger partial charge in [0.05, 0.1) is 18.4 Å². The van der Waals surface area contributed by atoms with Gasteiger partial charge in [0.15, 0.2) is 0 Å². The van der Waals surface area contributed by atoms with E-state index in [0.29, 0.717) is 29.8 Å². The molecule has 0 saturated carbocycles. The summed E-state index contributed by atoms with van der Waals surface area (Å²) in [6.45, 7) is 2.75. The maximum absolute atomic E-state index is 12.9. The van der Waals surface area contributed by atoms with Gasteiger partial charge in [-0.15, -0.1) is 0 Å². The van der Waals surface area contributed by atoms with Gasteiger partial charge in [-0.2, -0.15) is 0 Å². The molecule has 1 N–H and O–H groups in total. The quantitative estimate of drug-likeness (QED) is 0.580. The number of aryl methyl sites for hydroxylation is 1. The molecule has 0 fully saturated rings. The minimum Gasteiger partial charge on any atom is -0.465 e. The Morgan fingerprint density at radius 2 is 1.91 bits per heavy atom. The van der Waals surface area contributed by atoms with Crippen LogP contribution in [0, 0.1) is 6.92 Å². The third-order valence-electron chi connectivity index (χ3n) is 5.49. The van der Waals surface area contributed by atoms with Gasteiger partial charge in [-0.1, -0.05) is 35.9 Å². The lowest BCUT2D eigenvalue weighted by molar-refractivity contribution is -0.116. The molecule has 9 heteroatoms. The van der Waals surface area contributed by atoms with Crippen molar-refractivity contribution >= 4 is 35.1 Å². The number of anilines is 2. The van der Waals surface area contributed by atoms with Crippen LogP contribution in [0.15, 0.2) is 53.3 Å². The highest BCUT2D eigenvalue weighted by atomic mass is 35.5. The minimum atomic E-state index is -0.608. The van der Waals surface area contributed by atoms with Crippen molar-refractivity contribution in [1.82, 2.24) is 9.55 Å². The second-order valence-electron chi connectivity index (χ2n) is 7.79. The van der Waals surface area contributed by atoms with Gasteiger partial charge in [-0.3, -0.25) is 14.2 Å². The smallest absolute Gasteiger partial charge is 0.339 e. The number of ether oxygens (including phenoxy) is 1. The van der Waals surface area contributed by atoms with Gasteiger partial charge in [-0.25, -0.2) is 9.78 Å². The van der Waals surface area contributed by atoms with Crippen molar-refractivity contribution in [2.24, 2.45) is 0 Å². The van der Waals surface area contributed by atoms with Crippen molar-refractivity contribution in [3.8, 4) is 0 Å². The van der Waals surface area contributed by atoms with Crippen molar-refractivity contribution in [1.29, 1.82) is 0 Å². The van der Waals surface area contributed by atoms with E-state index in [4.69, 9.17) is 16.3 Å². The highest BCUT2D eigenvalue weighted by Gasteiger charge is 2.22. The van der Waals surface area contributed by atoms with Gasteiger partial charge in [0.2, 0.25) is 11.9 Å². The molecule has 3 aromatic rings. The first-order valence-electron chi connectivity index (χ1n) is 10.4. The molecule has 0 unspecified atom stereocenters. The lowest BCUT2D eigenvalue weighted by Crippen LogP contribution is -2.38. The molecule has 170 valence electrons. The van der Waals surface area contributed by atoms with E-state index in [1.54, 1.807) is 6.92 Å². The zero-order valence-electron chi connectivity index (χ0n) is 18.3. The van der Waals surface area contributed by atoms with Crippen molar-refractivity contribution in [2.45, 2.75) is 26.4 Å². The molecule has 4 rings (SSSR count). The summed E-state index contributed by atoms with van der Waals surface area (Å²) < 4.78 is 6.12. The fraction of sp³-hybridized carbons (Fsp3) is 0.250. The number of methoxy groups -OCH3 is 1. The largest absolute Gasteiger partial charge is 0.465 e. The molecule has 0 atom stereocenters. The van der Waals surface area contributed by atoms with Crippen molar-refractivity contribution in [3.05, 3.63) is 86.3 Å². The molecule has 1 aliphatic rings. The van der Waals surface area contributed by atoms with Gasteiger partial charge in [0.25, 0.3) is 5.56 Å². The normalized spacial score (nSPS) is 12.8. The fourth-order valence-electron chi connectivity index (χ4n) is 3.90. The van der Waals surface area contributed by atoms with Crippen LogP contribution < -0.4 is 15.8 Å². The molecule has 0 aliphatic carbocycles. The van der Waals surface area contributed by atoms with E-state index in [2.05, 4.69) is 22.4 Å². The Labute approximate surface area is 195 Å². The summed E-state index contributed by atoms with van der Waals surface area (Å²) in [5, 5.41) is 3.02. The average Bonchev–Trinajstić information content (AvgIpc) is 2.80. The van der Waals surface area contributed by atoms with E-state index < -0.39 is 11.9 Å². The van der Waals surface area contributed by atoms with Crippen LogP contribution in [0.3, 0.4) is 0 Å². The van der Waals surface area contributed by atoms with E-state index in [-0.39, 0.29) is 23.4 Å². The number of nitrogens with one attached hydrogen (secondary N) is 1. The average molecular weight is 467 g/mol. The lowest BCUT2D eigenvalue weighted by atomic mass is 10.0. The Kier molecular flexibility index (Phi) is 6.46. The Morgan fingerprint density at radius 1 is 1.15 bits per heavy atom. The SMILES string of the molecule is COC(=O)c1ccc(Cl)cc1NC(=O)Cn1c(N2CCc3ccccc3C2)nc(C)cc1=O. The Morgan fingerprint density at radius 3 is 2.67 bits per heavy atom. The van der Waals surface area contributed by atoms with Crippen LogP contribution >= 0.6 is 11.6 Å². The number of aromatic nitrogens is 2.